The first-order valence-corrected chi connectivity index (χ1v) is 7.69. The molecule has 0 aliphatic heterocycles. The zero-order valence-corrected chi connectivity index (χ0v) is 12.4. The summed E-state index contributed by atoms with van der Waals surface area (Å²) in [5, 5.41) is 6.24. The van der Waals surface area contributed by atoms with Crippen LogP contribution in [0.1, 0.15) is 15.5 Å². The van der Waals surface area contributed by atoms with Gasteiger partial charge in [-0.05, 0) is 12.1 Å². The average Bonchev–Trinajstić information content (AvgIpc) is 3.08. The number of carbonyl (C=O) groups excluding carboxylic acids is 1. The molecule has 0 aliphatic carbocycles. The van der Waals surface area contributed by atoms with E-state index in [0.717, 1.165) is 15.6 Å². The minimum atomic E-state index is -3.68. The molecule has 20 heavy (non-hydrogen) atoms. The molecule has 2 heterocycles. The van der Waals surface area contributed by atoms with Crippen LogP contribution >= 0.6 is 11.3 Å². The van der Waals surface area contributed by atoms with Gasteiger partial charge in [-0.25, -0.2) is 18.2 Å². The van der Waals surface area contributed by atoms with Crippen LogP contribution in [0.4, 0.5) is 0 Å². The number of hydrogen-bond donors (Lipinski definition) is 1. The summed E-state index contributed by atoms with van der Waals surface area (Å²) in [5.41, 5.74) is 0. The molecule has 0 radical (unpaired) electrons. The van der Waals surface area contributed by atoms with Crippen LogP contribution in [0.2, 0.25) is 0 Å². The van der Waals surface area contributed by atoms with Crippen molar-refractivity contribution in [3.05, 3.63) is 29.2 Å². The Labute approximate surface area is 119 Å². The molecule has 0 saturated heterocycles. The van der Waals surface area contributed by atoms with Crippen molar-refractivity contribution in [3.63, 3.8) is 0 Å². The second kappa shape index (κ2) is 5.69. The minimum Gasteiger partial charge on any atom is -0.465 e. The lowest BCUT2D eigenvalue weighted by Gasteiger charge is -2.13. The Kier molecular flexibility index (Phi) is 4.16. The third-order valence-corrected chi connectivity index (χ3v) is 5.81. The van der Waals surface area contributed by atoms with Crippen molar-refractivity contribution in [2.75, 3.05) is 14.2 Å². The zero-order chi connectivity index (χ0) is 14.8. The summed E-state index contributed by atoms with van der Waals surface area (Å²) in [6.45, 7) is 0.0633. The van der Waals surface area contributed by atoms with Gasteiger partial charge in [0.25, 0.3) is 10.0 Å². The van der Waals surface area contributed by atoms with E-state index in [9.17, 15) is 13.2 Å². The van der Waals surface area contributed by atoms with Gasteiger partial charge in [-0.1, -0.05) is 0 Å². The molecule has 2 rings (SSSR count). The van der Waals surface area contributed by atoms with Gasteiger partial charge in [0.15, 0.2) is 0 Å². The Morgan fingerprint density at radius 1 is 1.50 bits per heavy atom. The number of aromatic amines is 1. The maximum Gasteiger partial charge on any atom is 0.348 e. The smallest absolute Gasteiger partial charge is 0.348 e. The van der Waals surface area contributed by atoms with Crippen LogP contribution in [0.15, 0.2) is 22.7 Å². The average molecular weight is 316 g/mol. The monoisotopic (exact) mass is 316 g/mol. The molecule has 0 saturated carbocycles. The van der Waals surface area contributed by atoms with E-state index in [-0.39, 0.29) is 15.6 Å². The third kappa shape index (κ3) is 2.86. The van der Waals surface area contributed by atoms with Crippen molar-refractivity contribution < 1.29 is 17.9 Å². The number of H-pyrrole nitrogens is 1. The Morgan fingerprint density at radius 2 is 2.25 bits per heavy atom. The van der Waals surface area contributed by atoms with Crippen molar-refractivity contribution in [1.82, 2.24) is 19.5 Å². The predicted octanol–water partition coefficient (Wildman–Crippen LogP) is 0.473. The van der Waals surface area contributed by atoms with Crippen LogP contribution in [-0.2, 0) is 21.3 Å². The lowest BCUT2D eigenvalue weighted by molar-refractivity contribution is 0.0606. The molecule has 0 spiro atoms. The standard InChI is InChI=1S/C10H12N4O4S2/c1-14(5-8-11-6-12-13-8)20(16,17)9-4-3-7(19-9)10(15)18-2/h3-4,6H,5H2,1-2H3,(H,11,12,13). The maximum atomic E-state index is 12.3. The topological polar surface area (TPSA) is 105 Å². The Balaban J connectivity index is 2.21. The van der Waals surface area contributed by atoms with Crippen molar-refractivity contribution in [2.45, 2.75) is 10.8 Å². The largest absolute Gasteiger partial charge is 0.465 e. The van der Waals surface area contributed by atoms with Gasteiger partial charge in [0.05, 0.1) is 13.7 Å². The summed E-state index contributed by atoms with van der Waals surface area (Å²) in [5.74, 6) is -0.129. The number of sulfonamides is 1. The predicted molar refractivity (Wildman–Crippen MR) is 70.7 cm³/mol. The van der Waals surface area contributed by atoms with Gasteiger partial charge < -0.3 is 4.74 Å². The minimum absolute atomic E-state index is 0.0633. The van der Waals surface area contributed by atoms with Gasteiger partial charge in [0.2, 0.25) is 0 Å². The number of nitrogens with one attached hydrogen (secondary N) is 1. The van der Waals surface area contributed by atoms with Crippen LogP contribution in [-0.4, -0.2) is 48.0 Å². The highest BCUT2D eigenvalue weighted by molar-refractivity contribution is 7.91. The molecule has 0 aromatic carbocycles. The molecule has 0 aliphatic rings. The fourth-order valence-electron chi connectivity index (χ4n) is 1.43. The first-order valence-electron chi connectivity index (χ1n) is 5.44. The second-order valence-electron chi connectivity index (χ2n) is 3.80. The van der Waals surface area contributed by atoms with E-state index in [0.29, 0.717) is 5.82 Å². The fourth-order valence-corrected chi connectivity index (χ4v) is 3.99. The number of methoxy groups -OCH3 is 1. The molecule has 0 atom stereocenters. The first kappa shape index (κ1) is 14.6. The number of hydrogen-bond acceptors (Lipinski definition) is 7. The van der Waals surface area contributed by atoms with Crippen molar-refractivity contribution >= 4 is 27.3 Å². The summed E-state index contributed by atoms with van der Waals surface area (Å²) < 4.78 is 30.4. The molecule has 2 aromatic rings. The highest BCUT2D eigenvalue weighted by Crippen LogP contribution is 2.25. The van der Waals surface area contributed by atoms with Crippen molar-refractivity contribution in [2.24, 2.45) is 0 Å². The fraction of sp³-hybridized carbons (Fsp3) is 0.300. The van der Waals surface area contributed by atoms with Crippen LogP contribution in [0.25, 0.3) is 0 Å². The molecule has 1 N–H and O–H groups in total. The van der Waals surface area contributed by atoms with Crippen LogP contribution < -0.4 is 0 Å². The molecular weight excluding hydrogens is 304 g/mol. The van der Waals surface area contributed by atoms with E-state index in [1.54, 1.807) is 0 Å². The summed E-state index contributed by atoms with van der Waals surface area (Å²) in [6.07, 6.45) is 1.30. The highest BCUT2D eigenvalue weighted by atomic mass is 32.2. The summed E-state index contributed by atoms with van der Waals surface area (Å²) in [6, 6.07) is 2.80. The molecule has 0 fully saturated rings. The number of esters is 1. The number of ether oxygens (including phenoxy) is 1. The lowest BCUT2D eigenvalue weighted by atomic mass is 10.5. The van der Waals surface area contributed by atoms with Crippen molar-refractivity contribution in [1.29, 1.82) is 0 Å². The van der Waals surface area contributed by atoms with Gasteiger partial charge in [0, 0.05) is 7.05 Å². The molecule has 0 unspecified atom stereocenters. The molecular formula is C10H12N4O4S2. The van der Waals surface area contributed by atoms with E-state index in [2.05, 4.69) is 19.9 Å². The number of rotatable bonds is 5. The Bertz CT molecular complexity index is 693. The van der Waals surface area contributed by atoms with Gasteiger partial charge in [-0.2, -0.15) is 9.40 Å². The number of thiophene rings is 1. The van der Waals surface area contributed by atoms with E-state index in [1.807, 2.05) is 0 Å². The van der Waals surface area contributed by atoms with E-state index in [4.69, 9.17) is 0 Å². The van der Waals surface area contributed by atoms with Gasteiger partial charge in [-0.15, -0.1) is 11.3 Å². The normalized spacial score (nSPS) is 11.8. The molecule has 108 valence electrons. The first-order chi connectivity index (χ1) is 9.45. The Hall–Kier alpha value is -1.78. The van der Waals surface area contributed by atoms with E-state index in [1.165, 1.54) is 32.6 Å². The summed E-state index contributed by atoms with van der Waals surface area (Å²) >= 11 is 0.863. The van der Waals surface area contributed by atoms with Crippen molar-refractivity contribution in [3.8, 4) is 0 Å². The lowest BCUT2D eigenvalue weighted by Crippen LogP contribution is -2.26. The number of carbonyl (C=O) groups is 1. The quantitative estimate of drug-likeness (QED) is 0.804. The SMILES string of the molecule is COC(=O)c1ccc(S(=O)(=O)N(C)Cc2ncn[nH]2)s1. The van der Waals surface area contributed by atoms with Crippen LogP contribution in [0.5, 0.6) is 0 Å². The molecule has 0 bridgehead atoms. The molecule has 2 aromatic heterocycles. The van der Waals surface area contributed by atoms with Crippen LogP contribution in [0, 0.1) is 0 Å². The Morgan fingerprint density at radius 3 is 2.85 bits per heavy atom. The number of nitrogens with zero attached hydrogens (tertiary/aromatic N) is 3. The van der Waals surface area contributed by atoms with Crippen LogP contribution in [0.3, 0.4) is 0 Å². The summed E-state index contributed by atoms with van der Waals surface area (Å²) in [4.78, 5) is 15.4. The second-order valence-corrected chi connectivity index (χ2v) is 7.16. The van der Waals surface area contributed by atoms with Gasteiger partial charge in [0.1, 0.15) is 21.2 Å². The molecule has 0 amide bonds. The molecule has 8 nitrogen and oxygen atoms in total. The zero-order valence-electron chi connectivity index (χ0n) is 10.7. The van der Waals surface area contributed by atoms with Gasteiger partial charge >= 0.3 is 5.97 Å². The molecule has 10 heteroatoms. The highest BCUT2D eigenvalue weighted by Gasteiger charge is 2.25. The van der Waals surface area contributed by atoms with Gasteiger partial charge in [-0.3, -0.25) is 5.10 Å². The van der Waals surface area contributed by atoms with E-state index >= 15 is 0 Å². The third-order valence-electron chi connectivity index (χ3n) is 2.47. The van der Waals surface area contributed by atoms with E-state index < -0.39 is 16.0 Å². The maximum absolute atomic E-state index is 12.3. The summed E-state index contributed by atoms with van der Waals surface area (Å²) in [7, 11) is -1.01. The number of aromatic nitrogens is 3.